The summed E-state index contributed by atoms with van der Waals surface area (Å²) in [7, 11) is 1.69. The molecule has 0 amide bonds. The van der Waals surface area contributed by atoms with Crippen LogP contribution in [0.1, 0.15) is 28.3 Å². The Balaban J connectivity index is 1.48. The number of nitrogens with zero attached hydrogens (tertiary/aromatic N) is 1. The Bertz CT molecular complexity index is 1070. The Morgan fingerprint density at radius 3 is 2.81 bits per heavy atom. The lowest BCUT2D eigenvalue weighted by atomic mass is 9.83. The number of rotatable bonds is 6. The van der Waals surface area contributed by atoms with Gasteiger partial charge in [0.25, 0.3) is 0 Å². The molecule has 0 bridgehead atoms. The quantitative estimate of drug-likeness (QED) is 0.634. The Kier molecular flexibility index (Phi) is 5.20. The van der Waals surface area contributed by atoms with Crippen LogP contribution in [0.15, 0.2) is 61.2 Å². The maximum atomic E-state index is 6.27. The van der Waals surface area contributed by atoms with Crippen LogP contribution in [0.2, 0.25) is 0 Å². The van der Waals surface area contributed by atoms with Gasteiger partial charge in [0.05, 0.1) is 7.11 Å². The zero-order chi connectivity index (χ0) is 21.4. The molecule has 0 N–H and O–H groups in total. The lowest BCUT2D eigenvalue weighted by molar-refractivity contribution is 0.156. The van der Waals surface area contributed by atoms with E-state index in [9.17, 15) is 0 Å². The molecule has 3 aliphatic rings. The second-order valence-corrected chi connectivity index (χ2v) is 8.05. The molecule has 160 valence electrons. The van der Waals surface area contributed by atoms with Crippen molar-refractivity contribution in [1.82, 2.24) is 4.90 Å². The van der Waals surface area contributed by atoms with Crippen LogP contribution in [0.4, 0.5) is 0 Å². The van der Waals surface area contributed by atoms with Gasteiger partial charge >= 0.3 is 0 Å². The molecule has 2 aromatic rings. The van der Waals surface area contributed by atoms with Crippen molar-refractivity contribution >= 4 is 0 Å². The van der Waals surface area contributed by atoms with Crippen LogP contribution in [-0.4, -0.2) is 32.0 Å². The van der Waals surface area contributed by atoms with Crippen LogP contribution in [0.25, 0.3) is 0 Å². The zero-order valence-electron chi connectivity index (χ0n) is 17.9. The van der Waals surface area contributed by atoms with E-state index in [2.05, 4.69) is 36.3 Å². The fourth-order valence-electron chi connectivity index (χ4n) is 4.80. The first kappa shape index (κ1) is 19.8. The first-order valence-electron chi connectivity index (χ1n) is 10.6. The van der Waals surface area contributed by atoms with Gasteiger partial charge in [0, 0.05) is 24.7 Å². The van der Waals surface area contributed by atoms with Crippen molar-refractivity contribution in [2.75, 3.05) is 27.1 Å². The lowest BCUT2D eigenvalue weighted by Crippen LogP contribution is -2.39. The predicted molar refractivity (Wildman–Crippen MR) is 120 cm³/mol. The summed E-state index contributed by atoms with van der Waals surface area (Å²) in [6.07, 6.45) is 7.39. The summed E-state index contributed by atoms with van der Waals surface area (Å²) in [5.41, 5.74) is 6.20. The van der Waals surface area contributed by atoms with Crippen molar-refractivity contribution in [1.29, 1.82) is 0 Å². The molecule has 0 aromatic heterocycles. The van der Waals surface area contributed by atoms with Gasteiger partial charge < -0.3 is 18.9 Å². The third-order valence-corrected chi connectivity index (χ3v) is 6.40. The first-order chi connectivity index (χ1) is 15.2. The van der Waals surface area contributed by atoms with Crippen molar-refractivity contribution in [2.45, 2.75) is 25.4 Å². The Morgan fingerprint density at radius 1 is 1.19 bits per heavy atom. The predicted octanol–water partition coefficient (Wildman–Crippen LogP) is 4.76. The van der Waals surface area contributed by atoms with Gasteiger partial charge in [0.15, 0.2) is 23.0 Å². The average molecular weight is 418 g/mol. The van der Waals surface area contributed by atoms with Gasteiger partial charge in [-0.3, -0.25) is 4.90 Å². The summed E-state index contributed by atoms with van der Waals surface area (Å²) in [5, 5.41) is 0. The Labute approximate surface area is 183 Å². The molecule has 0 fully saturated rings. The van der Waals surface area contributed by atoms with E-state index in [4.69, 9.17) is 18.9 Å². The van der Waals surface area contributed by atoms with Gasteiger partial charge in [-0.1, -0.05) is 37.5 Å². The van der Waals surface area contributed by atoms with Crippen molar-refractivity contribution < 1.29 is 18.9 Å². The molecule has 3 heterocycles. The van der Waals surface area contributed by atoms with Crippen molar-refractivity contribution in [3.05, 3.63) is 83.5 Å². The van der Waals surface area contributed by atoms with E-state index < -0.39 is 0 Å². The van der Waals surface area contributed by atoms with Gasteiger partial charge in [-0.2, -0.15) is 0 Å². The number of allylic oxidation sites excluding steroid dienone is 2. The number of benzene rings is 2. The van der Waals surface area contributed by atoms with Gasteiger partial charge in [0.2, 0.25) is 6.79 Å². The molecule has 1 atom stereocenters. The molecule has 0 saturated carbocycles. The largest absolute Gasteiger partial charge is 0.493 e. The van der Waals surface area contributed by atoms with Crippen molar-refractivity contribution in [2.24, 2.45) is 0 Å². The molecule has 31 heavy (non-hydrogen) atoms. The van der Waals surface area contributed by atoms with E-state index in [1.165, 1.54) is 22.3 Å². The second kappa shape index (κ2) is 8.16. The molecule has 0 radical (unpaired) electrons. The monoisotopic (exact) mass is 417 g/mol. The summed E-state index contributed by atoms with van der Waals surface area (Å²) in [5.74, 6) is 3.32. The molecule has 0 spiro atoms. The van der Waals surface area contributed by atoms with E-state index >= 15 is 0 Å². The summed E-state index contributed by atoms with van der Waals surface area (Å²) in [4.78, 5) is 2.53. The third kappa shape index (κ3) is 3.49. The van der Waals surface area contributed by atoms with Gasteiger partial charge in [-0.05, 0) is 53.3 Å². The Hall–Kier alpha value is -3.18. The van der Waals surface area contributed by atoms with Crippen LogP contribution in [0.5, 0.6) is 23.0 Å². The normalized spacial score (nSPS) is 19.1. The van der Waals surface area contributed by atoms with Gasteiger partial charge in [-0.15, -0.1) is 0 Å². The average Bonchev–Trinajstić information content (AvgIpc) is 3.26. The van der Waals surface area contributed by atoms with E-state index in [-0.39, 0.29) is 0 Å². The SMILES string of the molecule is C=C/C=C(\C=C)COc1c(OC)ccc2c1CN1CCc3cc4c(cc3C1C2)OCO4. The smallest absolute Gasteiger partial charge is 0.231 e. The number of hydrogen-bond acceptors (Lipinski definition) is 5. The highest BCUT2D eigenvalue weighted by Crippen LogP contribution is 2.46. The summed E-state index contributed by atoms with van der Waals surface area (Å²) in [6, 6.07) is 8.86. The van der Waals surface area contributed by atoms with Crippen molar-refractivity contribution in [3.8, 4) is 23.0 Å². The molecule has 3 aliphatic heterocycles. The molecule has 2 aromatic carbocycles. The highest BCUT2D eigenvalue weighted by Gasteiger charge is 2.35. The van der Waals surface area contributed by atoms with Crippen LogP contribution in [-0.2, 0) is 19.4 Å². The van der Waals surface area contributed by atoms with Crippen LogP contribution >= 0.6 is 0 Å². The zero-order valence-corrected chi connectivity index (χ0v) is 17.9. The van der Waals surface area contributed by atoms with E-state index in [1.807, 2.05) is 12.1 Å². The molecular weight excluding hydrogens is 390 g/mol. The van der Waals surface area contributed by atoms with Crippen LogP contribution in [0.3, 0.4) is 0 Å². The van der Waals surface area contributed by atoms with E-state index in [0.717, 1.165) is 54.5 Å². The molecule has 5 heteroatoms. The van der Waals surface area contributed by atoms with E-state index in [0.29, 0.717) is 19.4 Å². The minimum absolute atomic E-state index is 0.308. The molecule has 0 aliphatic carbocycles. The second-order valence-electron chi connectivity index (χ2n) is 8.05. The molecular formula is C26H27NO4. The van der Waals surface area contributed by atoms with Crippen LogP contribution < -0.4 is 18.9 Å². The summed E-state index contributed by atoms with van der Waals surface area (Å²) < 4.78 is 23.1. The summed E-state index contributed by atoms with van der Waals surface area (Å²) in [6.45, 7) is 10.2. The van der Waals surface area contributed by atoms with Gasteiger partial charge in [-0.25, -0.2) is 0 Å². The van der Waals surface area contributed by atoms with Crippen LogP contribution in [0, 0.1) is 0 Å². The lowest BCUT2D eigenvalue weighted by Gasteiger charge is -2.42. The molecule has 1 unspecified atom stereocenters. The number of hydrogen-bond donors (Lipinski definition) is 0. The van der Waals surface area contributed by atoms with E-state index in [1.54, 1.807) is 19.3 Å². The number of methoxy groups -OCH3 is 1. The molecule has 5 nitrogen and oxygen atoms in total. The topological polar surface area (TPSA) is 40.2 Å². The maximum absolute atomic E-state index is 6.27. The number of ether oxygens (including phenoxy) is 4. The third-order valence-electron chi connectivity index (χ3n) is 6.40. The van der Waals surface area contributed by atoms with Crippen molar-refractivity contribution in [3.63, 3.8) is 0 Å². The number of fused-ring (bicyclic) bond motifs is 5. The fraction of sp³-hybridized carbons (Fsp3) is 0.308. The first-order valence-corrected chi connectivity index (χ1v) is 10.6. The van der Waals surface area contributed by atoms with Gasteiger partial charge in [0.1, 0.15) is 6.61 Å². The Morgan fingerprint density at radius 2 is 2.03 bits per heavy atom. The molecule has 0 saturated heterocycles. The highest BCUT2D eigenvalue weighted by molar-refractivity contribution is 5.55. The summed E-state index contributed by atoms with van der Waals surface area (Å²) >= 11 is 0. The minimum atomic E-state index is 0.308. The minimum Gasteiger partial charge on any atom is -0.493 e. The fourth-order valence-corrected chi connectivity index (χ4v) is 4.80. The highest BCUT2D eigenvalue weighted by atomic mass is 16.7. The maximum Gasteiger partial charge on any atom is 0.231 e. The standard InChI is InChI=1S/C26H27NO4/c1-4-6-17(5-2)15-29-26-21-14-27-10-9-19-12-24-25(31-16-30-24)13-20(19)22(27)11-18(21)7-8-23(26)28-3/h4-8,12-13,22H,1-2,9-11,14-16H2,3H3/b17-6+. The molecule has 5 rings (SSSR count).